The molecule has 4 unspecified atom stereocenters. The first-order valence-corrected chi connectivity index (χ1v) is 10.6. The first-order valence-electron chi connectivity index (χ1n) is 10.6. The fraction of sp³-hybridized carbons (Fsp3) is 0.231. The molecule has 1 fully saturated rings. The third-order valence-electron chi connectivity index (χ3n) is 5.16. The van der Waals surface area contributed by atoms with Crippen LogP contribution in [0.15, 0.2) is 91.0 Å². The van der Waals surface area contributed by atoms with E-state index < -0.39 is 36.5 Å². The molecule has 0 aliphatic carbocycles. The van der Waals surface area contributed by atoms with Crippen LogP contribution in [0.5, 0.6) is 0 Å². The van der Waals surface area contributed by atoms with Gasteiger partial charge in [0.25, 0.3) is 0 Å². The van der Waals surface area contributed by atoms with Crippen LogP contribution in [-0.2, 0) is 25.6 Å². The molecular weight excluding hydrogens is 424 g/mol. The van der Waals surface area contributed by atoms with E-state index in [9.17, 15) is 14.7 Å². The highest BCUT2D eigenvalue weighted by Gasteiger charge is 2.46. The van der Waals surface area contributed by atoms with E-state index in [0.717, 1.165) is 5.56 Å². The van der Waals surface area contributed by atoms with E-state index in [-0.39, 0.29) is 13.2 Å². The standard InChI is InChI=1S/C26H24O7/c27-21-17-31-26(30-16-18-10-4-1-5-11-18)23(33-25(29)20-14-8-3-9-15-20)22(21)32-24(28)19-12-6-2-7-13-19/h1-15,21-23,26-27H,16-17H2. The summed E-state index contributed by atoms with van der Waals surface area (Å²) in [4.78, 5) is 25.5. The van der Waals surface area contributed by atoms with Gasteiger partial charge in [0.15, 0.2) is 18.5 Å². The van der Waals surface area contributed by atoms with Gasteiger partial charge in [-0.15, -0.1) is 0 Å². The minimum atomic E-state index is -1.21. The molecule has 3 aromatic rings. The van der Waals surface area contributed by atoms with Crippen molar-refractivity contribution in [3.05, 3.63) is 108 Å². The molecule has 0 spiro atoms. The molecule has 33 heavy (non-hydrogen) atoms. The highest BCUT2D eigenvalue weighted by atomic mass is 16.7. The lowest BCUT2D eigenvalue weighted by molar-refractivity contribution is -0.272. The van der Waals surface area contributed by atoms with Crippen molar-refractivity contribution in [3.8, 4) is 0 Å². The first kappa shape index (κ1) is 22.7. The summed E-state index contributed by atoms with van der Waals surface area (Å²) in [5, 5.41) is 10.6. The van der Waals surface area contributed by atoms with Gasteiger partial charge in [0.1, 0.15) is 6.10 Å². The highest BCUT2D eigenvalue weighted by Crippen LogP contribution is 2.25. The number of carbonyl (C=O) groups excluding carboxylic acids is 2. The normalized spacial score (nSPS) is 22.3. The van der Waals surface area contributed by atoms with Crippen molar-refractivity contribution >= 4 is 11.9 Å². The SMILES string of the molecule is O=C(OC1C(O)COC(OCc2ccccc2)C1OC(=O)c1ccccc1)c1ccccc1. The molecule has 0 aromatic heterocycles. The zero-order valence-corrected chi connectivity index (χ0v) is 17.8. The molecule has 1 aliphatic heterocycles. The number of carbonyl (C=O) groups is 2. The van der Waals surface area contributed by atoms with Gasteiger partial charge in [-0.25, -0.2) is 9.59 Å². The highest BCUT2D eigenvalue weighted by molar-refractivity contribution is 5.90. The topological polar surface area (TPSA) is 91.3 Å². The number of hydrogen-bond acceptors (Lipinski definition) is 7. The van der Waals surface area contributed by atoms with Crippen LogP contribution in [0.1, 0.15) is 26.3 Å². The molecule has 0 saturated carbocycles. The van der Waals surface area contributed by atoms with E-state index in [1.807, 2.05) is 30.3 Å². The summed E-state index contributed by atoms with van der Waals surface area (Å²) >= 11 is 0. The monoisotopic (exact) mass is 448 g/mol. The minimum Gasteiger partial charge on any atom is -0.452 e. The number of hydrogen-bond donors (Lipinski definition) is 1. The van der Waals surface area contributed by atoms with E-state index in [2.05, 4.69) is 0 Å². The summed E-state index contributed by atoms with van der Waals surface area (Å²) in [6.45, 7) is 0.0337. The van der Waals surface area contributed by atoms with E-state index >= 15 is 0 Å². The molecule has 0 bridgehead atoms. The van der Waals surface area contributed by atoms with Crippen LogP contribution in [-0.4, -0.2) is 48.3 Å². The summed E-state index contributed by atoms with van der Waals surface area (Å²) in [5.41, 5.74) is 1.51. The number of esters is 2. The number of rotatable bonds is 7. The third-order valence-corrected chi connectivity index (χ3v) is 5.16. The lowest BCUT2D eigenvalue weighted by atomic mass is 10.0. The second-order valence-electron chi connectivity index (χ2n) is 7.54. The molecule has 1 N–H and O–H groups in total. The number of aliphatic hydroxyl groups is 1. The van der Waals surface area contributed by atoms with Crippen molar-refractivity contribution in [3.63, 3.8) is 0 Å². The lowest BCUT2D eigenvalue weighted by Crippen LogP contribution is -2.57. The Morgan fingerprint density at radius 3 is 1.79 bits per heavy atom. The van der Waals surface area contributed by atoms with Gasteiger partial charge in [-0.2, -0.15) is 0 Å². The maximum Gasteiger partial charge on any atom is 0.338 e. The molecular formula is C26H24O7. The maximum absolute atomic E-state index is 12.8. The Kier molecular flexibility index (Phi) is 7.47. The second kappa shape index (κ2) is 10.9. The van der Waals surface area contributed by atoms with Crippen molar-refractivity contribution in [2.75, 3.05) is 6.61 Å². The Hall–Kier alpha value is -3.52. The Labute approximate surface area is 191 Å². The van der Waals surface area contributed by atoms with E-state index in [0.29, 0.717) is 11.1 Å². The Balaban J connectivity index is 1.55. The van der Waals surface area contributed by atoms with E-state index in [1.165, 1.54) is 0 Å². The van der Waals surface area contributed by atoms with E-state index in [4.69, 9.17) is 18.9 Å². The summed E-state index contributed by atoms with van der Waals surface area (Å²) < 4.78 is 22.8. The van der Waals surface area contributed by atoms with Crippen LogP contribution in [0.4, 0.5) is 0 Å². The molecule has 0 amide bonds. The average molecular weight is 448 g/mol. The van der Waals surface area contributed by atoms with Gasteiger partial charge in [-0.3, -0.25) is 0 Å². The van der Waals surface area contributed by atoms with Crippen LogP contribution in [0.25, 0.3) is 0 Å². The first-order chi connectivity index (χ1) is 16.1. The van der Waals surface area contributed by atoms with Crippen molar-refractivity contribution in [1.82, 2.24) is 0 Å². The molecule has 170 valence electrons. The minimum absolute atomic E-state index is 0.147. The summed E-state index contributed by atoms with van der Waals surface area (Å²) in [6, 6.07) is 26.2. The van der Waals surface area contributed by atoms with Crippen LogP contribution < -0.4 is 0 Å². The smallest absolute Gasteiger partial charge is 0.338 e. The van der Waals surface area contributed by atoms with Gasteiger partial charge in [-0.1, -0.05) is 66.7 Å². The molecule has 7 nitrogen and oxygen atoms in total. The Morgan fingerprint density at radius 2 is 1.24 bits per heavy atom. The number of benzene rings is 3. The second-order valence-corrected chi connectivity index (χ2v) is 7.54. The molecule has 1 saturated heterocycles. The predicted molar refractivity (Wildman–Crippen MR) is 118 cm³/mol. The van der Waals surface area contributed by atoms with Crippen molar-refractivity contribution in [2.24, 2.45) is 0 Å². The van der Waals surface area contributed by atoms with Crippen molar-refractivity contribution in [2.45, 2.75) is 31.2 Å². The van der Waals surface area contributed by atoms with E-state index in [1.54, 1.807) is 60.7 Å². The van der Waals surface area contributed by atoms with Crippen molar-refractivity contribution in [1.29, 1.82) is 0 Å². The molecule has 3 aromatic carbocycles. The molecule has 4 atom stereocenters. The van der Waals surface area contributed by atoms with Gasteiger partial charge >= 0.3 is 11.9 Å². The van der Waals surface area contributed by atoms with Gasteiger partial charge in [0, 0.05) is 0 Å². The molecule has 7 heteroatoms. The summed E-state index contributed by atoms with van der Waals surface area (Å²) in [6.07, 6.45) is -4.62. The summed E-state index contributed by atoms with van der Waals surface area (Å²) in [5.74, 6) is -1.29. The lowest BCUT2D eigenvalue weighted by Gasteiger charge is -2.39. The van der Waals surface area contributed by atoms with Crippen LogP contribution in [0.2, 0.25) is 0 Å². The molecule has 1 heterocycles. The molecule has 1 aliphatic rings. The van der Waals surface area contributed by atoms with Crippen LogP contribution >= 0.6 is 0 Å². The largest absolute Gasteiger partial charge is 0.452 e. The van der Waals surface area contributed by atoms with Gasteiger partial charge in [0.2, 0.25) is 0 Å². The Morgan fingerprint density at radius 1 is 0.758 bits per heavy atom. The average Bonchev–Trinajstić information content (AvgIpc) is 2.87. The predicted octanol–water partition coefficient (Wildman–Crippen LogP) is 3.37. The third kappa shape index (κ3) is 5.84. The maximum atomic E-state index is 12.8. The fourth-order valence-corrected chi connectivity index (χ4v) is 3.45. The fourth-order valence-electron chi connectivity index (χ4n) is 3.45. The zero-order valence-electron chi connectivity index (χ0n) is 17.8. The number of aliphatic hydroxyl groups excluding tert-OH is 1. The quantitative estimate of drug-likeness (QED) is 0.554. The molecule has 4 rings (SSSR count). The number of ether oxygens (including phenoxy) is 4. The van der Waals surface area contributed by atoms with Crippen LogP contribution in [0, 0.1) is 0 Å². The van der Waals surface area contributed by atoms with Gasteiger partial charge in [0.05, 0.1) is 24.3 Å². The summed E-state index contributed by atoms with van der Waals surface area (Å²) in [7, 11) is 0. The molecule has 0 radical (unpaired) electrons. The van der Waals surface area contributed by atoms with Crippen LogP contribution in [0.3, 0.4) is 0 Å². The van der Waals surface area contributed by atoms with Gasteiger partial charge < -0.3 is 24.1 Å². The Bertz CT molecular complexity index is 1040. The zero-order chi connectivity index (χ0) is 23.0. The van der Waals surface area contributed by atoms with Gasteiger partial charge in [-0.05, 0) is 29.8 Å². The van der Waals surface area contributed by atoms with Crippen molar-refractivity contribution < 1.29 is 33.6 Å².